The van der Waals surface area contributed by atoms with Gasteiger partial charge < -0.3 is 0 Å². The fraction of sp³-hybridized carbons (Fsp3) is 0.250. The molecule has 0 saturated carbocycles. The summed E-state index contributed by atoms with van der Waals surface area (Å²) in [5.41, 5.74) is 0.938. The molecule has 0 aliphatic heterocycles. The van der Waals surface area contributed by atoms with Crippen molar-refractivity contribution in [1.82, 2.24) is 9.19 Å². The predicted molar refractivity (Wildman–Crippen MR) is 62.8 cm³/mol. The molecule has 0 radical (unpaired) electrons. The van der Waals surface area contributed by atoms with E-state index in [1.807, 2.05) is 49.1 Å². The van der Waals surface area contributed by atoms with E-state index in [9.17, 15) is 4.79 Å². The van der Waals surface area contributed by atoms with Gasteiger partial charge >= 0.3 is 100 Å². The van der Waals surface area contributed by atoms with Crippen LogP contribution in [0.2, 0.25) is 0 Å². The minimum atomic E-state index is -0.580. The van der Waals surface area contributed by atoms with Crippen LogP contribution in [0, 0.1) is 0 Å². The molecule has 1 aromatic heterocycles. The Morgan fingerprint density at radius 2 is 1.94 bits per heavy atom. The van der Waals surface area contributed by atoms with Crippen molar-refractivity contribution in [3.05, 3.63) is 46.5 Å². The zero-order chi connectivity index (χ0) is 11.6. The number of carbonyl (C=O) groups is 1. The number of rotatable bonds is 3. The number of Topliss-reactive ketones (excluding diaryl/α,β-unsaturated/α-hetero) is 1. The molecule has 82 valence electrons. The van der Waals surface area contributed by atoms with Crippen LogP contribution < -0.4 is 0 Å². The normalized spacial score (nSPS) is 11.4. The molecule has 0 spiro atoms. The fourth-order valence-corrected chi connectivity index (χ4v) is 2.81. The van der Waals surface area contributed by atoms with E-state index < -0.39 is 5.41 Å². The average molecular weight is 279 g/mol. The molecule has 2 rings (SSSR count). The molecule has 0 aliphatic carbocycles. The van der Waals surface area contributed by atoms with E-state index in [1.165, 1.54) is 0 Å². The molecule has 0 saturated heterocycles. The molecule has 2 aromatic rings. The molecule has 4 heteroatoms. The molecule has 0 unspecified atom stereocenters. The quantitative estimate of drug-likeness (QED) is 0.634. The predicted octanol–water partition coefficient (Wildman–Crippen LogP) is 1.69. The van der Waals surface area contributed by atoms with Crippen molar-refractivity contribution in [2.45, 2.75) is 19.3 Å². The summed E-state index contributed by atoms with van der Waals surface area (Å²) in [7, 11) is 0. The van der Waals surface area contributed by atoms with E-state index in [0.717, 1.165) is 11.3 Å². The third-order valence-corrected chi connectivity index (χ3v) is 3.66. The Morgan fingerprint density at radius 1 is 1.25 bits per heavy atom. The minimum absolute atomic E-state index is 0.0730. The Bertz CT molecular complexity index is 477. The Morgan fingerprint density at radius 3 is 2.50 bits per heavy atom. The van der Waals surface area contributed by atoms with E-state index >= 15 is 0 Å². The van der Waals surface area contributed by atoms with Gasteiger partial charge in [0.05, 0.1) is 0 Å². The molecule has 0 aliphatic rings. The van der Waals surface area contributed by atoms with Gasteiger partial charge in [-0.25, -0.2) is 0 Å². The first-order valence-electron chi connectivity index (χ1n) is 5.00. The van der Waals surface area contributed by atoms with Gasteiger partial charge in [-0.2, -0.15) is 0 Å². The standard InChI is InChI=1S/C12H12N2OSe/c1-12(2,10-8-16-14-13-10)11(15)9-6-4-3-5-7-9/h3-8H,1-2H3. The van der Waals surface area contributed by atoms with Crippen LogP contribution in [0.5, 0.6) is 0 Å². The molecule has 1 heterocycles. The number of aromatic nitrogens is 2. The van der Waals surface area contributed by atoms with Crippen molar-refractivity contribution in [3.63, 3.8) is 0 Å². The number of hydrogen-bond acceptors (Lipinski definition) is 3. The third kappa shape index (κ3) is 1.99. The van der Waals surface area contributed by atoms with E-state index in [-0.39, 0.29) is 20.5 Å². The van der Waals surface area contributed by atoms with Crippen molar-refractivity contribution < 1.29 is 4.79 Å². The van der Waals surface area contributed by atoms with E-state index in [1.54, 1.807) is 0 Å². The second kappa shape index (κ2) is 4.32. The van der Waals surface area contributed by atoms with Gasteiger partial charge in [0.15, 0.2) is 0 Å². The van der Waals surface area contributed by atoms with Gasteiger partial charge in [0.25, 0.3) is 0 Å². The third-order valence-electron chi connectivity index (χ3n) is 2.60. The number of benzene rings is 1. The monoisotopic (exact) mass is 280 g/mol. The summed E-state index contributed by atoms with van der Waals surface area (Å²) in [6, 6.07) is 9.32. The average Bonchev–Trinajstić information content (AvgIpc) is 2.83. The van der Waals surface area contributed by atoms with Crippen molar-refractivity contribution in [3.8, 4) is 0 Å². The summed E-state index contributed by atoms with van der Waals surface area (Å²) in [4.78, 5) is 14.3. The first kappa shape index (κ1) is 11.2. The Balaban J connectivity index is 2.36. The number of hydrogen-bond donors (Lipinski definition) is 0. The van der Waals surface area contributed by atoms with Crippen LogP contribution in [0.3, 0.4) is 0 Å². The fourth-order valence-electron chi connectivity index (χ4n) is 1.50. The van der Waals surface area contributed by atoms with Crippen LogP contribution in [0.4, 0.5) is 0 Å². The van der Waals surface area contributed by atoms with E-state index in [4.69, 9.17) is 0 Å². The summed E-state index contributed by atoms with van der Waals surface area (Å²) in [6.45, 7) is 3.79. The molecule has 0 bridgehead atoms. The molecule has 0 amide bonds. The van der Waals surface area contributed by atoms with Gasteiger partial charge in [0, 0.05) is 0 Å². The zero-order valence-corrected chi connectivity index (χ0v) is 10.9. The molecule has 0 atom stereocenters. The molecular formula is C12H12N2OSe. The van der Waals surface area contributed by atoms with E-state index in [2.05, 4.69) is 9.19 Å². The SMILES string of the molecule is CC(C)(C(=O)c1ccccc1)c1c[se]nn1. The summed E-state index contributed by atoms with van der Waals surface area (Å²) in [6.07, 6.45) is 0. The summed E-state index contributed by atoms with van der Waals surface area (Å²) in [5.74, 6) is 0.0935. The van der Waals surface area contributed by atoms with Crippen LogP contribution in [0.15, 0.2) is 35.3 Å². The molecular weight excluding hydrogens is 267 g/mol. The van der Waals surface area contributed by atoms with Crippen LogP contribution >= 0.6 is 0 Å². The molecule has 0 N–H and O–H groups in total. The van der Waals surface area contributed by atoms with Crippen LogP contribution in [0.25, 0.3) is 0 Å². The summed E-state index contributed by atoms with van der Waals surface area (Å²) >= 11 is 0.0730. The van der Waals surface area contributed by atoms with Gasteiger partial charge in [0.2, 0.25) is 0 Å². The first-order chi connectivity index (χ1) is 7.62. The van der Waals surface area contributed by atoms with E-state index in [0.29, 0.717) is 0 Å². The van der Waals surface area contributed by atoms with Crippen molar-refractivity contribution in [2.75, 3.05) is 0 Å². The molecule has 3 nitrogen and oxygen atoms in total. The summed E-state index contributed by atoms with van der Waals surface area (Å²) < 4.78 is 3.95. The maximum absolute atomic E-state index is 12.3. The summed E-state index contributed by atoms with van der Waals surface area (Å²) in [5, 5.41) is 4.05. The second-order valence-corrected chi connectivity index (χ2v) is 5.39. The second-order valence-electron chi connectivity index (χ2n) is 4.11. The number of ketones is 1. The molecule has 0 fully saturated rings. The van der Waals surface area contributed by atoms with Crippen molar-refractivity contribution in [1.29, 1.82) is 0 Å². The van der Waals surface area contributed by atoms with Gasteiger partial charge in [0.1, 0.15) is 0 Å². The van der Waals surface area contributed by atoms with Crippen LogP contribution in [0.1, 0.15) is 29.9 Å². The number of nitrogens with zero attached hydrogens (tertiary/aromatic N) is 2. The molecule has 1 aromatic carbocycles. The van der Waals surface area contributed by atoms with Gasteiger partial charge in [-0.1, -0.05) is 0 Å². The first-order valence-corrected chi connectivity index (χ1v) is 6.75. The zero-order valence-electron chi connectivity index (χ0n) is 9.18. The van der Waals surface area contributed by atoms with Crippen molar-refractivity contribution in [2.24, 2.45) is 0 Å². The maximum atomic E-state index is 12.3. The topological polar surface area (TPSA) is 42.9 Å². The van der Waals surface area contributed by atoms with Crippen LogP contribution in [-0.4, -0.2) is 29.7 Å². The Kier molecular flexibility index (Phi) is 3.03. The van der Waals surface area contributed by atoms with Crippen LogP contribution in [-0.2, 0) is 5.41 Å². The van der Waals surface area contributed by atoms with Gasteiger partial charge in [-0.05, 0) is 0 Å². The Labute approximate surface area is 100 Å². The van der Waals surface area contributed by atoms with Gasteiger partial charge in [-0.15, -0.1) is 0 Å². The van der Waals surface area contributed by atoms with Crippen molar-refractivity contribution >= 4 is 20.5 Å². The number of carbonyl (C=O) groups excluding carboxylic acids is 1. The molecule has 16 heavy (non-hydrogen) atoms. The Hall–Kier alpha value is -1.25. The van der Waals surface area contributed by atoms with Gasteiger partial charge in [-0.3, -0.25) is 0 Å².